The zero-order chi connectivity index (χ0) is 46.6. The van der Waals surface area contributed by atoms with Crippen LogP contribution in [0.25, 0.3) is 0 Å². The molecule has 26 heteroatoms. The number of methoxy groups -OCH3 is 1. The number of nitrogens with zero attached hydrogens (tertiary/aromatic N) is 4. The Bertz CT molecular complexity index is 2390. The van der Waals surface area contributed by atoms with E-state index >= 15 is 0 Å². The van der Waals surface area contributed by atoms with E-state index in [-0.39, 0.29) is 39.8 Å². The number of amides is 4. The van der Waals surface area contributed by atoms with E-state index in [2.05, 4.69) is 31.5 Å². The quantitative estimate of drug-likeness (QED) is 0.0591. The summed E-state index contributed by atoms with van der Waals surface area (Å²) in [6, 6.07) is 6.08. The summed E-state index contributed by atoms with van der Waals surface area (Å²) < 4.78 is 98.7. The highest BCUT2D eigenvalue weighted by Gasteiger charge is 2.41. The van der Waals surface area contributed by atoms with Crippen molar-refractivity contribution in [3.63, 3.8) is 0 Å². The Hall–Kier alpha value is -5.70. The smallest absolute Gasteiger partial charge is 0.389 e. The summed E-state index contributed by atoms with van der Waals surface area (Å²) in [6.45, 7) is 2.69. The normalized spacial score (nSPS) is 14.3. The van der Waals surface area contributed by atoms with Crippen molar-refractivity contribution < 1.29 is 74.1 Å². The van der Waals surface area contributed by atoms with Gasteiger partial charge in [0.2, 0.25) is 5.95 Å². The predicted octanol–water partition coefficient (Wildman–Crippen LogP) is 4.61. The number of rotatable bonds is 13. The van der Waals surface area contributed by atoms with E-state index in [4.69, 9.17) is 42.4 Å². The molecule has 2 heterocycles. The molecule has 4 amide bonds. The topological polar surface area (TPSA) is 277 Å². The number of carboxylic acids is 1. The molecule has 336 valence electrons. The molecule has 0 bridgehead atoms. The molecule has 0 spiro atoms. The molecule has 3 aromatic rings. The number of aryl methyl sites for hydroxylation is 2. The van der Waals surface area contributed by atoms with Gasteiger partial charge in [-0.1, -0.05) is 35.7 Å². The van der Waals surface area contributed by atoms with Crippen LogP contribution in [0.1, 0.15) is 50.4 Å². The number of sulfonamides is 1. The van der Waals surface area contributed by atoms with E-state index in [9.17, 15) is 49.7 Å². The number of ether oxygens (including phenoxy) is 2. The molecule has 0 fully saturated rings. The highest BCUT2D eigenvalue weighted by molar-refractivity contribution is 7.90. The maximum absolute atomic E-state index is 14.4. The van der Waals surface area contributed by atoms with E-state index in [1.807, 2.05) is 0 Å². The van der Waals surface area contributed by atoms with E-state index in [0.717, 1.165) is 29.9 Å². The Morgan fingerprint density at radius 3 is 2.24 bits per heavy atom. The third-order valence-corrected chi connectivity index (χ3v) is 10.4. The number of carboxylic acid groups (broad SMARTS) is 1. The first-order valence-corrected chi connectivity index (χ1v) is 21.5. The van der Waals surface area contributed by atoms with Gasteiger partial charge in [-0.15, -0.1) is 6.42 Å². The van der Waals surface area contributed by atoms with Gasteiger partial charge in [-0.2, -0.15) is 28.1 Å². The number of aromatic nitrogens is 3. The van der Waals surface area contributed by atoms with Gasteiger partial charge in [-0.3, -0.25) is 29.6 Å². The number of nitrogens with one attached hydrogen (secondary N) is 3. The van der Waals surface area contributed by atoms with Crippen molar-refractivity contribution in [3.8, 4) is 24.1 Å². The average Bonchev–Trinajstić information content (AvgIpc) is 3.42. The molecule has 1 aliphatic carbocycles. The van der Waals surface area contributed by atoms with Crippen molar-refractivity contribution >= 4 is 64.7 Å². The second-order valence-corrected chi connectivity index (χ2v) is 16.6. The second-order valence-electron chi connectivity index (χ2n) is 12.9. The van der Waals surface area contributed by atoms with E-state index < -0.39 is 90.1 Å². The molecular weight excluding hydrogens is 897 g/mol. The number of terminal acetylenes is 1. The number of imide groups is 1. The Balaban J connectivity index is 0.000000274. The maximum Gasteiger partial charge on any atom is 0.389 e. The van der Waals surface area contributed by atoms with Crippen LogP contribution in [0.2, 0.25) is 5.02 Å². The van der Waals surface area contributed by atoms with Gasteiger partial charge in [0.05, 0.1) is 35.5 Å². The van der Waals surface area contributed by atoms with E-state index in [0.29, 0.717) is 24.0 Å². The molecule has 2 aliphatic rings. The lowest BCUT2D eigenvalue weighted by atomic mass is 9.93. The molecule has 19 nitrogen and oxygen atoms in total. The molecule has 6 N–H and O–H groups in total. The van der Waals surface area contributed by atoms with Gasteiger partial charge in [-0.05, 0) is 63.6 Å². The molecule has 62 heavy (non-hydrogen) atoms. The number of aliphatic carboxylic acids is 1. The van der Waals surface area contributed by atoms with Gasteiger partial charge >= 0.3 is 31.8 Å². The fraction of sp³-hybridized carbons (Fsp3) is 0.361. The summed E-state index contributed by atoms with van der Waals surface area (Å²) in [5.41, 5.74) is 0.737. The first kappa shape index (κ1) is 50.7. The third-order valence-electron chi connectivity index (χ3n) is 8.07. The Morgan fingerprint density at radius 2 is 1.69 bits per heavy atom. The lowest BCUT2D eigenvalue weighted by Gasteiger charge is -2.19. The van der Waals surface area contributed by atoms with Crippen LogP contribution in [0.15, 0.2) is 52.4 Å². The van der Waals surface area contributed by atoms with Gasteiger partial charge in [0, 0.05) is 23.6 Å². The summed E-state index contributed by atoms with van der Waals surface area (Å²) in [7, 11) is -7.24. The van der Waals surface area contributed by atoms with Gasteiger partial charge < -0.3 is 24.4 Å². The van der Waals surface area contributed by atoms with Gasteiger partial charge in [0.1, 0.15) is 17.4 Å². The Labute approximate surface area is 356 Å². The van der Waals surface area contributed by atoms with E-state index in [1.165, 1.54) is 38.3 Å². The number of alkyl halides is 3. The number of urea groups is 1. The first-order chi connectivity index (χ1) is 28.8. The fourth-order valence-corrected chi connectivity index (χ4v) is 7.20. The summed E-state index contributed by atoms with van der Waals surface area (Å²) >= 11 is 5.97. The van der Waals surface area contributed by atoms with E-state index in [1.54, 1.807) is 11.6 Å². The van der Waals surface area contributed by atoms with Crippen LogP contribution >= 0.6 is 19.2 Å². The number of carbonyl (C=O) groups is 4. The van der Waals surface area contributed by atoms with Crippen molar-refractivity contribution in [1.29, 1.82) is 0 Å². The average molecular weight is 936 g/mol. The molecule has 0 radical (unpaired) electrons. The Kier molecular flexibility index (Phi) is 17.9. The largest absolute Gasteiger partial charge is 0.480 e. The SMILES string of the molecule is C#CC(C)Oc1cc(N2C(=O)C3=C(CCCC3)C2=O)c(F)cc1Cl.COc1nc(C)nc(NC(=O)NS(=O)(=O)c2ccccc2CCC(F)(F)F)n1.O=C(O)CNCP(=O)(O)O. The maximum atomic E-state index is 14.4. The number of hydrogen-bond acceptors (Lipinski definition) is 13. The van der Waals surface area contributed by atoms with Crippen molar-refractivity contribution in [3.05, 3.63) is 69.8 Å². The first-order valence-electron chi connectivity index (χ1n) is 17.8. The van der Waals surface area contributed by atoms with Crippen molar-refractivity contribution in [2.75, 3.05) is 30.2 Å². The van der Waals surface area contributed by atoms with Crippen LogP contribution in [-0.4, -0.2) is 94.3 Å². The molecule has 2 aromatic carbocycles. The third kappa shape index (κ3) is 15.3. The zero-order valence-corrected chi connectivity index (χ0v) is 35.3. The summed E-state index contributed by atoms with van der Waals surface area (Å²) in [5.74, 6) is -0.389. The monoisotopic (exact) mass is 935 g/mol. The molecule has 1 atom stereocenters. The van der Waals surface area contributed by atoms with Gasteiger partial charge in [-0.25, -0.2) is 27.2 Å². The fourth-order valence-electron chi connectivity index (χ4n) is 5.43. The van der Waals surface area contributed by atoms with Crippen LogP contribution in [0.5, 0.6) is 11.8 Å². The molecule has 0 saturated heterocycles. The standard InChI is InChI=1S/C18H15ClFNO3.C15H16F3N5O4S.C3H8NO5P/c1-3-10(2)24-16-9-15(14(20)8-13(16)19)21-17(22)11-6-4-5-7-12(11)18(21)23;1-9-19-12(22-14(20-9)27-2)21-13(24)23-28(25,26)11-6-4-3-5-10(11)7-8-15(16,17)18;5-3(6)1-4-2-10(7,8)9/h1,8-10H,4-7H2,2H3;3-6H,7-8H2,1-2H3,(H2,19,20,21,22,23,24);4H,1-2H2,(H,5,6)(H2,7,8,9). The van der Waals surface area contributed by atoms with Crippen LogP contribution in [0.4, 0.5) is 34.0 Å². The highest BCUT2D eigenvalue weighted by atomic mass is 35.5. The van der Waals surface area contributed by atoms with Crippen LogP contribution in [0.3, 0.4) is 0 Å². The minimum Gasteiger partial charge on any atom is -0.480 e. The number of benzene rings is 2. The predicted molar refractivity (Wildman–Crippen MR) is 212 cm³/mol. The van der Waals surface area contributed by atoms with Gasteiger partial charge in [0.15, 0.2) is 6.10 Å². The summed E-state index contributed by atoms with van der Waals surface area (Å²) in [5, 5.41) is 12.2. The highest BCUT2D eigenvalue weighted by Crippen LogP contribution is 2.40. The summed E-state index contributed by atoms with van der Waals surface area (Å²) in [6.07, 6.45) is 0.676. The van der Waals surface area contributed by atoms with Gasteiger partial charge in [0.25, 0.3) is 21.8 Å². The van der Waals surface area contributed by atoms with Crippen LogP contribution in [-0.2, 0) is 35.4 Å². The molecular formula is C36H39ClF4N7O12PS. The van der Waals surface area contributed by atoms with Crippen molar-refractivity contribution in [2.45, 2.75) is 69.5 Å². The Morgan fingerprint density at radius 1 is 1.08 bits per heavy atom. The lowest BCUT2D eigenvalue weighted by molar-refractivity contribution is -0.136. The van der Waals surface area contributed by atoms with Crippen molar-refractivity contribution in [2.24, 2.45) is 0 Å². The molecule has 5 rings (SSSR count). The van der Waals surface area contributed by atoms with Crippen LogP contribution in [0, 0.1) is 25.1 Å². The number of carbonyl (C=O) groups excluding carboxylic acids is 3. The minimum absolute atomic E-state index is 0.0233. The number of halogens is 5. The number of anilines is 2. The van der Waals surface area contributed by atoms with Crippen molar-refractivity contribution in [1.82, 2.24) is 25.0 Å². The summed E-state index contributed by atoms with van der Waals surface area (Å²) in [4.78, 5) is 75.0. The van der Waals surface area contributed by atoms with Crippen LogP contribution < -0.4 is 29.7 Å². The minimum atomic E-state index is -4.45. The molecule has 1 aromatic heterocycles. The molecule has 1 aliphatic heterocycles. The molecule has 0 saturated carbocycles. The zero-order valence-electron chi connectivity index (χ0n) is 32.8. The lowest BCUT2D eigenvalue weighted by Crippen LogP contribution is -2.35. The second kappa shape index (κ2) is 21.9. The molecule has 1 unspecified atom stereocenters. The number of hydrogen-bond donors (Lipinski definition) is 6.